The molecule has 1 N–H and O–H groups in total. The molecule has 1 aromatic heterocycles. The molecule has 0 bridgehead atoms. The SMILES string of the molecule is CCN(CC)S(=O)(=O)c1cc(C)c(C)c(NC(=O)c2ccco2)c1. The van der Waals surface area contributed by atoms with Crippen molar-refractivity contribution in [2.75, 3.05) is 18.4 Å². The number of hydrogen-bond donors (Lipinski definition) is 1. The molecule has 2 aromatic rings. The van der Waals surface area contributed by atoms with Gasteiger partial charge in [-0.25, -0.2) is 8.42 Å². The zero-order valence-electron chi connectivity index (χ0n) is 14.3. The van der Waals surface area contributed by atoms with Crippen LogP contribution in [0.5, 0.6) is 0 Å². The molecule has 24 heavy (non-hydrogen) atoms. The van der Waals surface area contributed by atoms with E-state index in [2.05, 4.69) is 5.32 Å². The van der Waals surface area contributed by atoms with Gasteiger partial charge in [-0.2, -0.15) is 4.31 Å². The summed E-state index contributed by atoms with van der Waals surface area (Å²) in [4.78, 5) is 12.4. The first-order chi connectivity index (χ1) is 11.3. The minimum absolute atomic E-state index is 0.170. The van der Waals surface area contributed by atoms with Crippen LogP contribution in [0.15, 0.2) is 39.8 Å². The number of carbonyl (C=O) groups excluding carboxylic acids is 1. The lowest BCUT2D eigenvalue weighted by molar-refractivity contribution is 0.0996. The highest BCUT2D eigenvalue weighted by molar-refractivity contribution is 7.89. The molecule has 1 amide bonds. The van der Waals surface area contributed by atoms with Crippen LogP contribution in [0.4, 0.5) is 5.69 Å². The standard InChI is InChI=1S/C17H22N2O4S/c1-5-19(6-2)24(21,22)14-10-12(3)13(4)15(11-14)18-17(20)16-8-7-9-23-16/h7-11H,5-6H2,1-4H3,(H,18,20). The van der Waals surface area contributed by atoms with Gasteiger partial charge in [0, 0.05) is 18.8 Å². The molecule has 1 heterocycles. The van der Waals surface area contributed by atoms with Crippen molar-refractivity contribution in [1.82, 2.24) is 4.31 Å². The number of rotatable bonds is 6. The van der Waals surface area contributed by atoms with Gasteiger partial charge in [-0.15, -0.1) is 0 Å². The van der Waals surface area contributed by atoms with E-state index in [1.807, 2.05) is 13.8 Å². The average Bonchev–Trinajstić information content (AvgIpc) is 3.06. The highest BCUT2D eigenvalue weighted by Gasteiger charge is 2.23. The lowest BCUT2D eigenvalue weighted by Crippen LogP contribution is -2.30. The van der Waals surface area contributed by atoms with Crippen molar-refractivity contribution < 1.29 is 17.6 Å². The summed E-state index contributed by atoms with van der Waals surface area (Å²) in [7, 11) is -3.59. The van der Waals surface area contributed by atoms with Gasteiger partial charge < -0.3 is 9.73 Å². The van der Waals surface area contributed by atoms with Crippen molar-refractivity contribution in [3.63, 3.8) is 0 Å². The molecule has 1 aromatic carbocycles. The topological polar surface area (TPSA) is 79.6 Å². The normalized spacial score (nSPS) is 11.7. The fourth-order valence-corrected chi connectivity index (χ4v) is 3.98. The maximum atomic E-state index is 12.7. The fraction of sp³-hybridized carbons (Fsp3) is 0.353. The van der Waals surface area contributed by atoms with E-state index in [9.17, 15) is 13.2 Å². The Bertz CT molecular complexity index is 823. The van der Waals surface area contributed by atoms with E-state index in [1.54, 1.807) is 32.0 Å². The minimum atomic E-state index is -3.59. The van der Waals surface area contributed by atoms with Crippen LogP contribution < -0.4 is 5.32 Å². The molecule has 6 nitrogen and oxygen atoms in total. The highest BCUT2D eigenvalue weighted by atomic mass is 32.2. The summed E-state index contributed by atoms with van der Waals surface area (Å²) < 4.78 is 31.9. The third-order valence-corrected chi connectivity index (χ3v) is 6.00. The summed E-state index contributed by atoms with van der Waals surface area (Å²) in [5.74, 6) is -0.246. The van der Waals surface area contributed by atoms with Crippen molar-refractivity contribution in [1.29, 1.82) is 0 Å². The number of nitrogens with zero attached hydrogens (tertiary/aromatic N) is 1. The quantitative estimate of drug-likeness (QED) is 0.868. The second kappa shape index (κ2) is 7.19. The van der Waals surface area contributed by atoms with E-state index in [0.29, 0.717) is 18.8 Å². The van der Waals surface area contributed by atoms with Gasteiger partial charge in [-0.05, 0) is 49.2 Å². The Balaban J connectivity index is 2.44. The van der Waals surface area contributed by atoms with Crippen LogP contribution in [-0.2, 0) is 10.0 Å². The Labute approximate surface area is 142 Å². The van der Waals surface area contributed by atoms with Gasteiger partial charge in [-0.3, -0.25) is 4.79 Å². The monoisotopic (exact) mass is 350 g/mol. The predicted octanol–water partition coefficient (Wildman–Crippen LogP) is 3.18. The molecule has 0 fully saturated rings. The number of amides is 1. The third kappa shape index (κ3) is 3.52. The number of anilines is 1. The molecule has 0 aliphatic carbocycles. The van der Waals surface area contributed by atoms with Crippen LogP contribution in [0.2, 0.25) is 0 Å². The number of furan rings is 1. The molecule has 0 saturated heterocycles. The summed E-state index contributed by atoms with van der Waals surface area (Å²) in [5, 5.41) is 2.73. The number of sulfonamides is 1. The maximum Gasteiger partial charge on any atom is 0.291 e. The molecule has 0 aliphatic rings. The van der Waals surface area contributed by atoms with E-state index >= 15 is 0 Å². The summed E-state index contributed by atoms with van der Waals surface area (Å²) in [6.45, 7) is 8.02. The zero-order chi connectivity index (χ0) is 17.9. The van der Waals surface area contributed by atoms with Crippen LogP contribution >= 0.6 is 0 Å². The lowest BCUT2D eigenvalue weighted by Gasteiger charge is -2.20. The van der Waals surface area contributed by atoms with Crippen molar-refractivity contribution in [3.8, 4) is 0 Å². The first-order valence-electron chi connectivity index (χ1n) is 7.77. The van der Waals surface area contributed by atoms with Gasteiger partial charge in [0.05, 0.1) is 11.2 Å². The van der Waals surface area contributed by atoms with Crippen molar-refractivity contribution in [2.45, 2.75) is 32.6 Å². The fourth-order valence-electron chi connectivity index (χ4n) is 2.41. The van der Waals surface area contributed by atoms with E-state index in [1.165, 1.54) is 16.6 Å². The second-order valence-electron chi connectivity index (χ2n) is 5.43. The zero-order valence-corrected chi connectivity index (χ0v) is 15.1. The Morgan fingerprint density at radius 1 is 1.21 bits per heavy atom. The van der Waals surface area contributed by atoms with Crippen LogP contribution in [0, 0.1) is 13.8 Å². The number of aryl methyl sites for hydroxylation is 1. The van der Waals surface area contributed by atoms with Crippen LogP contribution in [-0.4, -0.2) is 31.7 Å². The van der Waals surface area contributed by atoms with Crippen LogP contribution in [0.1, 0.15) is 35.5 Å². The lowest BCUT2D eigenvalue weighted by atomic mass is 10.1. The third-order valence-electron chi connectivity index (χ3n) is 3.98. The van der Waals surface area contributed by atoms with Gasteiger partial charge in [0.2, 0.25) is 10.0 Å². The van der Waals surface area contributed by atoms with E-state index in [-0.39, 0.29) is 10.7 Å². The molecule has 7 heteroatoms. The van der Waals surface area contributed by atoms with Gasteiger partial charge in [0.25, 0.3) is 5.91 Å². The Morgan fingerprint density at radius 3 is 2.42 bits per heavy atom. The Kier molecular flexibility index (Phi) is 5.46. The van der Waals surface area contributed by atoms with Gasteiger partial charge in [0.1, 0.15) is 0 Å². The highest BCUT2D eigenvalue weighted by Crippen LogP contribution is 2.26. The molecule has 2 rings (SSSR count). The van der Waals surface area contributed by atoms with Crippen molar-refractivity contribution in [3.05, 3.63) is 47.4 Å². The van der Waals surface area contributed by atoms with Gasteiger partial charge in [-0.1, -0.05) is 13.8 Å². The number of nitrogens with one attached hydrogen (secondary N) is 1. The second-order valence-corrected chi connectivity index (χ2v) is 7.37. The number of carbonyl (C=O) groups is 1. The first-order valence-corrected chi connectivity index (χ1v) is 9.21. The number of hydrogen-bond acceptors (Lipinski definition) is 4. The van der Waals surface area contributed by atoms with Crippen LogP contribution in [0.3, 0.4) is 0 Å². The average molecular weight is 350 g/mol. The Morgan fingerprint density at radius 2 is 1.88 bits per heavy atom. The molecule has 0 aliphatic heterocycles. The molecule has 0 unspecified atom stereocenters. The molecule has 0 atom stereocenters. The van der Waals surface area contributed by atoms with E-state index in [4.69, 9.17) is 4.42 Å². The summed E-state index contributed by atoms with van der Waals surface area (Å²) in [6, 6.07) is 6.30. The predicted molar refractivity (Wildman–Crippen MR) is 92.7 cm³/mol. The Hall–Kier alpha value is -2.12. The van der Waals surface area contributed by atoms with Crippen LogP contribution in [0.25, 0.3) is 0 Å². The maximum absolute atomic E-state index is 12.7. The molecular formula is C17H22N2O4S. The molecule has 0 spiro atoms. The molecule has 0 radical (unpaired) electrons. The summed E-state index contributed by atoms with van der Waals surface area (Å²) >= 11 is 0. The van der Waals surface area contributed by atoms with E-state index < -0.39 is 15.9 Å². The molecule has 0 saturated carbocycles. The molecular weight excluding hydrogens is 328 g/mol. The minimum Gasteiger partial charge on any atom is -0.459 e. The molecule has 130 valence electrons. The summed E-state index contributed by atoms with van der Waals surface area (Å²) in [6.07, 6.45) is 1.41. The summed E-state index contributed by atoms with van der Waals surface area (Å²) in [5.41, 5.74) is 2.06. The first kappa shape index (κ1) is 18.2. The smallest absolute Gasteiger partial charge is 0.291 e. The van der Waals surface area contributed by atoms with E-state index in [0.717, 1.165) is 11.1 Å². The van der Waals surface area contributed by atoms with Gasteiger partial charge >= 0.3 is 0 Å². The number of benzene rings is 1. The van der Waals surface area contributed by atoms with Gasteiger partial charge in [0.15, 0.2) is 5.76 Å². The van der Waals surface area contributed by atoms with Crippen molar-refractivity contribution >= 4 is 21.6 Å². The largest absolute Gasteiger partial charge is 0.459 e. The van der Waals surface area contributed by atoms with Crippen molar-refractivity contribution in [2.24, 2.45) is 0 Å².